The van der Waals surface area contributed by atoms with E-state index in [2.05, 4.69) is 4.74 Å². The van der Waals surface area contributed by atoms with Crippen molar-refractivity contribution in [3.63, 3.8) is 0 Å². The highest BCUT2D eigenvalue weighted by atomic mass is 19.3. The summed E-state index contributed by atoms with van der Waals surface area (Å²) in [7, 11) is 0. The molecule has 0 fully saturated rings. The van der Waals surface area contributed by atoms with Gasteiger partial charge in [-0.05, 0) is 17.7 Å². The maximum Gasteiger partial charge on any atom is 0.308 e. The number of phenolic OH excluding ortho intramolecular Hbond substituents is 1. The summed E-state index contributed by atoms with van der Waals surface area (Å²) in [6, 6.07) is 2.07. The quantitative estimate of drug-likeness (QED) is 0.612. The Bertz CT molecular complexity index is 396. The molecular formula is C10H11F2NO3. The Morgan fingerprint density at radius 1 is 1.50 bits per heavy atom. The molecule has 1 rings (SSSR count). The predicted octanol–water partition coefficient (Wildman–Crippen LogP) is 1.58. The van der Waals surface area contributed by atoms with Crippen LogP contribution in [-0.2, 0) is 4.79 Å². The van der Waals surface area contributed by atoms with Crippen molar-refractivity contribution in [1.82, 2.24) is 0 Å². The van der Waals surface area contributed by atoms with Gasteiger partial charge in [0.2, 0.25) is 0 Å². The lowest BCUT2D eigenvalue weighted by Crippen LogP contribution is -2.18. The van der Waals surface area contributed by atoms with Gasteiger partial charge in [0.05, 0.1) is 6.04 Å². The zero-order chi connectivity index (χ0) is 12.3. The van der Waals surface area contributed by atoms with Crippen molar-refractivity contribution in [2.24, 2.45) is 5.73 Å². The van der Waals surface area contributed by atoms with E-state index >= 15 is 0 Å². The number of nitrogens with two attached hydrogens (primary N) is 1. The average Bonchev–Trinajstić information content (AvgIpc) is 2.19. The largest absolute Gasteiger partial charge is 0.504 e. The fourth-order valence-corrected chi connectivity index (χ4v) is 1.13. The number of hydrogen-bond donors (Lipinski definition) is 2. The zero-order valence-electron chi connectivity index (χ0n) is 8.48. The standard InChI is InChI=1S/C10H11F2NO3/c1-5(14)16-8-3-2-6(4-7(8)15)9(13)10(11)12/h2-4,9-10,15H,13H2,1H3/t9-/m1/s1. The fourth-order valence-electron chi connectivity index (χ4n) is 1.13. The highest BCUT2D eigenvalue weighted by Crippen LogP contribution is 2.30. The normalized spacial score (nSPS) is 12.6. The number of rotatable bonds is 3. The van der Waals surface area contributed by atoms with Crippen LogP contribution in [0.15, 0.2) is 18.2 Å². The van der Waals surface area contributed by atoms with E-state index in [0.29, 0.717) is 0 Å². The van der Waals surface area contributed by atoms with Gasteiger partial charge in [0.15, 0.2) is 11.5 Å². The summed E-state index contributed by atoms with van der Waals surface area (Å²) in [5.74, 6) is -1.09. The van der Waals surface area contributed by atoms with E-state index in [1.54, 1.807) is 0 Å². The molecule has 0 unspecified atom stereocenters. The molecule has 0 saturated carbocycles. The van der Waals surface area contributed by atoms with Crippen LogP contribution in [0.1, 0.15) is 18.5 Å². The number of aromatic hydroxyl groups is 1. The lowest BCUT2D eigenvalue weighted by molar-refractivity contribution is -0.132. The highest BCUT2D eigenvalue weighted by Gasteiger charge is 2.19. The molecule has 1 atom stereocenters. The predicted molar refractivity (Wildman–Crippen MR) is 52.3 cm³/mol. The second-order valence-electron chi connectivity index (χ2n) is 3.18. The summed E-state index contributed by atoms with van der Waals surface area (Å²) in [5, 5.41) is 9.39. The van der Waals surface area contributed by atoms with Gasteiger partial charge in [-0.3, -0.25) is 4.79 Å². The second-order valence-corrected chi connectivity index (χ2v) is 3.18. The van der Waals surface area contributed by atoms with E-state index in [1.807, 2.05) is 0 Å². The minimum atomic E-state index is -2.72. The molecule has 0 aliphatic rings. The van der Waals surface area contributed by atoms with E-state index in [4.69, 9.17) is 5.73 Å². The van der Waals surface area contributed by atoms with Gasteiger partial charge in [-0.25, -0.2) is 8.78 Å². The first-order valence-electron chi connectivity index (χ1n) is 4.47. The summed E-state index contributed by atoms with van der Waals surface area (Å²) >= 11 is 0. The van der Waals surface area contributed by atoms with E-state index in [1.165, 1.54) is 12.1 Å². The van der Waals surface area contributed by atoms with Crippen molar-refractivity contribution in [3.8, 4) is 11.5 Å². The van der Waals surface area contributed by atoms with Gasteiger partial charge in [-0.15, -0.1) is 0 Å². The van der Waals surface area contributed by atoms with Gasteiger partial charge in [-0.1, -0.05) is 6.07 Å². The molecule has 6 heteroatoms. The number of halogens is 2. The first-order chi connectivity index (χ1) is 7.41. The summed E-state index contributed by atoms with van der Waals surface area (Å²) < 4.78 is 29.2. The molecule has 3 N–H and O–H groups in total. The molecule has 0 amide bonds. The second kappa shape index (κ2) is 4.89. The summed E-state index contributed by atoms with van der Waals surface area (Å²) in [6.07, 6.45) is -2.72. The molecule has 0 radical (unpaired) electrons. The molecule has 16 heavy (non-hydrogen) atoms. The first kappa shape index (κ1) is 12.4. The minimum absolute atomic E-state index is 0.0726. The molecule has 0 bridgehead atoms. The molecule has 0 aromatic heterocycles. The van der Waals surface area contributed by atoms with Gasteiger partial charge in [-0.2, -0.15) is 0 Å². The Balaban J connectivity index is 2.94. The molecule has 0 aliphatic carbocycles. The number of hydrogen-bond acceptors (Lipinski definition) is 4. The lowest BCUT2D eigenvalue weighted by Gasteiger charge is -2.12. The third kappa shape index (κ3) is 2.90. The maximum atomic E-state index is 12.3. The Kier molecular flexibility index (Phi) is 3.78. The SMILES string of the molecule is CC(=O)Oc1ccc([C@@H](N)C(F)F)cc1O. The molecule has 0 heterocycles. The monoisotopic (exact) mass is 231 g/mol. The fraction of sp³-hybridized carbons (Fsp3) is 0.300. The van der Waals surface area contributed by atoms with Crippen molar-refractivity contribution < 1.29 is 23.4 Å². The molecule has 88 valence electrons. The summed E-state index contributed by atoms with van der Waals surface area (Å²) in [5.41, 5.74) is 5.26. The van der Waals surface area contributed by atoms with E-state index in [-0.39, 0.29) is 11.3 Å². The number of alkyl halides is 2. The average molecular weight is 231 g/mol. The molecule has 0 saturated heterocycles. The number of ether oxygens (including phenoxy) is 1. The van der Waals surface area contributed by atoms with Crippen LogP contribution >= 0.6 is 0 Å². The van der Waals surface area contributed by atoms with Crippen molar-refractivity contribution in [1.29, 1.82) is 0 Å². The third-order valence-electron chi connectivity index (χ3n) is 1.89. The Morgan fingerprint density at radius 2 is 2.12 bits per heavy atom. The lowest BCUT2D eigenvalue weighted by atomic mass is 10.1. The number of carbonyl (C=O) groups is 1. The topological polar surface area (TPSA) is 72.5 Å². The van der Waals surface area contributed by atoms with E-state index in [9.17, 15) is 18.7 Å². The molecular weight excluding hydrogens is 220 g/mol. The van der Waals surface area contributed by atoms with E-state index in [0.717, 1.165) is 13.0 Å². The molecule has 1 aromatic rings. The van der Waals surface area contributed by atoms with Gasteiger partial charge in [0, 0.05) is 6.92 Å². The number of phenols is 1. The van der Waals surface area contributed by atoms with Crippen LogP contribution in [0.4, 0.5) is 8.78 Å². The van der Waals surface area contributed by atoms with Crippen LogP contribution in [0.2, 0.25) is 0 Å². The number of benzene rings is 1. The van der Waals surface area contributed by atoms with Crippen LogP contribution < -0.4 is 10.5 Å². The van der Waals surface area contributed by atoms with Gasteiger partial charge in [0.1, 0.15) is 0 Å². The van der Waals surface area contributed by atoms with Crippen LogP contribution in [0.5, 0.6) is 11.5 Å². The smallest absolute Gasteiger partial charge is 0.308 e. The molecule has 0 aliphatic heterocycles. The van der Waals surface area contributed by atoms with Crippen LogP contribution in [0, 0.1) is 0 Å². The third-order valence-corrected chi connectivity index (χ3v) is 1.89. The van der Waals surface area contributed by atoms with Gasteiger partial charge < -0.3 is 15.6 Å². The van der Waals surface area contributed by atoms with Crippen molar-refractivity contribution in [2.45, 2.75) is 19.4 Å². The Labute approximate surface area is 90.6 Å². The van der Waals surface area contributed by atoms with Crippen molar-refractivity contribution in [2.75, 3.05) is 0 Å². The van der Waals surface area contributed by atoms with Crippen LogP contribution in [0.25, 0.3) is 0 Å². The zero-order valence-corrected chi connectivity index (χ0v) is 8.48. The van der Waals surface area contributed by atoms with Crippen LogP contribution in [-0.4, -0.2) is 17.5 Å². The first-order valence-corrected chi connectivity index (χ1v) is 4.47. The van der Waals surface area contributed by atoms with Crippen molar-refractivity contribution >= 4 is 5.97 Å². The number of esters is 1. The number of carbonyl (C=O) groups excluding carboxylic acids is 1. The van der Waals surface area contributed by atoms with E-state index < -0.39 is 24.2 Å². The van der Waals surface area contributed by atoms with Crippen molar-refractivity contribution in [3.05, 3.63) is 23.8 Å². The van der Waals surface area contributed by atoms with Crippen LogP contribution in [0.3, 0.4) is 0 Å². The Morgan fingerprint density at radius 3 is 2.56 bits per heavy atom. The molecule has 1 aromatic carbocycles. The van der Waals surface area contributed by atoms with Gasteiger partial charge >= 0.3 is 5.97 Å². The molecule has 0 spiro atoms. The summed E-state index contributed by atoms with van der Waals surface area (Å²) in [6.45, 7) is 1.16. The highest BCUT2D eigenvalue weighted by molar-refractivity contribution is 5.70. The van der Waals surface area contributed by atoms with Gasteiger partial charge in [0.25, 0.3) is 6.43 Å². The minimum Gasteiger partial charge on any atom is -0.504 e. The Hall–Kier alpha value is -1.69. The maximum absolute atomic E-state index is 12.3. The summed E-state index contributed by atoms with van der Waals surface area (Å²) in [4.78, 5) is 10.6. The molecule has 4 nitrogen and oxygen atoms in total.